The molecule has 5 nitrogen and oxygen atoms in total. The van der Waals surface area contributed by atoms with Gasteiger partial charge in [-0.3, -0.25) is 14.5 Å². The SMILES string of the molecule is COc1ccc(C=C2Sc3ccccc3N(CC(=O)NCc3ccc(Cl)cc3)C2=O)cc1Br. The number of amides is 2. The van der Waals surface area contributed by atoms with E-state index in [9.17, 15) is 9.59 Å². The largest absolute Gasteiger partial charge is 0.496 e. The van der Waals surface area contributed by atoms with Crippen LogP contribution in [0.4, 0.5) is 5.69 Å². The minimum atomic E-state index is -0.244. The highest BCUT2D eigenvalue weighted by molar-refractivity contribution is 9.10. The molecule has 1 aliphatic heterocycles. The van der Waals surface area contributed by atoms with E-state index in [-0.39, 0.29) is 18.4 Å². The van der Waals surface area contributed by atoms with E-state index >= 15 is 0 Å². The van der Waals surface area contributed by atoms with Gasteiger partial charge in [-0.05, 0) is 69.5 Å². The van der Waals surface area contributed by atoms with Gasteiger partial charge < -0.3 is 10.1 Å². The van der Waals surface area contributed by atoms with E-state index in [0.717, 1.165) is 26.2 Å². The van der Waals surface area contributed by atoms with Crippen molar-refractivity contribution in [2.75, 3.05) is 18.6 Å². The Bertz CT molecular complexity index is 1230. The molecule has 3 aromatic rings. The van der Waals surface area contributed by atoms with Gasteiger partial charge in [0.1, 0.15) is 12.3 Å². The van der Waals surface area contributed by atoms with E-state index in [1.807, 2.05) is 60.7 Å². The lowest BCUT2D eigenvalue weighted by Gasteiger charge is -2.29. The van der Waals surface area contributed by atoms with Crippen molar-refractivity contribution in [3.63, 3.8) is 0 Å². The topological polar surface area (TPSA) is 58.6 Å². The first-order valence-electron chi connectivity index (χ1n) is 10.1. The Morgan fingerprint density at radius 2 is 1.91 bits per heavy atom. The van der Waals surface area contributed by atoms with Gasteiger partial charge in [0.2, 0.25) is 5.91 Å². The summed E-state index contributed by atoms with van der Waals surface area (Å²) in [5.74, 6) is 0.253. The molecular weight excluding hydrogens is 524 g/mol. The third kappa shape index (κ3) is 5.61. The van der Waals surface area contributed by atoms with Crippen LogP contribution in [0.2, 0.25) is 5.02 Å². The molecule has 1 heterocycles. The van der Waals surface area contributed by atoms with Crippen LogP contribution in [0.1, 0.15) is 11.1 Å². The number of thioether (sulfide) groups is 1. The minimum absolute atomic E-state index is 0.0758. The highest BCUT2D eigenvalue weighted by Gasteiger charge is 2.30. The van der Waals surface area contributed by atoms with Gasteiger partial charge in [0.25, 0.3) is 5.91 Å². The van der Waals surface area contributed by atoms with Crippen LogP contribution in [-0.4, -0.2) is 25.5 Å². The Morgan fingerprint density at radius 1 is 1.15 bits per heavy atom. The number of carbonyl (C=O) groups is 2. The van der Waals surface area contributed by atoms with Crippen LogP contribution >= 0.6 is 39.3 Å². The summed E-state index contributed by atoms with van der Waals surface area (Å²) in [5.41, 5.74) is 2.51. The van der Waals surface area contributed by atoms with Crippen molar-refractivity contribution in [1.82, 2.24) is 5.32 Å². The number of nitrogens with one attached hydrogen (secondary N) is 1. The van der Waals surface area contributed by atoms with Crippen molar-refractivity contribution in [3.8, 4) is 5.75 Å². The first-order chi connectivity index (χ1) is 15.9. The zero-order valence-electron chi connectivity index (χ0n) is 17.7. The van der Waals surface area contributed by atoms with E-state index in [0.29, 0.717) is 22.2 Å². The standard InChI is InChI=1S/C25H20BrClN2O3S/c1-32-21-11-8-17(12-19(21)26)13-23-25(31)29(20-4-2-3-5-22(20)33-23)15-24(30)28-14-16-6-9-18(27)10-7-16/h2-13H,14-15H2,1H3,(H,28,30). The summed E-state index contributed by atoms with van der Waals surface area (Å²) in [4.78, 5) is 29.0. The normalized spacial score (nSPS) is 14.2. The van der Waals surface area contributed by atoms with Crippen molar-refractivity contribution in [2.45, 2.75) is 11.4 Å². The van der Waals surface area contributed by atoms with Crippen LogP contribution in [0, 0.1) is 0 Å². The summed E-state index contributed by atoms with van der Waals surface area (Å²) in [6, 6.07) is 20.5. The Hall–Kier alpha value is -2.74. The molecule has 0 saturated heterocycles. The van der Waals surface area contributed by atoms with E-state index in [1.165, 1.54) is 16.7 Å². The summed E-state index contributed by atoms with van der Waals surface area (Å²) in [6.45, 7) is 0.282. The molecular formula is C25H20BrClN2O3S. The minimum Gasteiger partial charge on any atom is -0.496 e. The number of nitrogens with zero attached hydrogens (tertiary/aromatic N) is 1. The highest BCUT2D eigenvalue weighted by atomic mass is 79.9. The molecule has 0 atom stereocenters. The van der Waals surface area contributed by atoms with E-state index < -0.39 is 0 Å². The highest BCUT2D eigenvalue weighted by Crippen LogP contribution is 2.42. The third-order valence-corrected chi connectivity index (χ3v) is 6.96. The molecule has 168 valence electrons. The molecule has 2 amide bonds. The van der Waals surface area contributed by atoms with Gasteiger partial charge in [-0.2, -0.15) is 0 Å². The number of benzene rings is 3. The second kappa shape index (κ2) is 10.5. The second-order valence-electron chi connectivity index (χ2n) is 7.27. The molecule has 0 bridgehead atoms. The number of ether oxygens (including phenoxy) is 1. The van der Waals surface area contributed by atoms with Gasteiger partial charge in [0, 0.05) is 16.5 Å². The molecule has 4 rings (SSSR count). The molecule has 0 aliphatic carbocycles. The van der Waals surface area contributed by atoms with Crippen LogP contribution in [0.25, 0.3) is 6.08 Å². The fourth-order valence-corrected chi connectivity index (χ4v) is 5.09. The molecule has 1 N–H and O–H groups in total. The fourth-order valence-electron chi connectivity index (χ4n) is 3.35. The zero-order chi connectivity index (χ0) is 23.4. The van der Waals surface area contributed by atoms with Crippen molar-refractivity contribution in [1.29, 1.82) is 0 Å². The molecule has 33 heavy (non-hydrogen) atoms. The Balaban J connectivity index is 1.55. The van der Waals surface area contributed by atoms with Crippen molar-refractivity contribution >= 4 is 62.9 Å². The molecule has 8 heteroatoms. The molecule has 0 fully saturated rings. The predicted molar refractivity (Wildman–Crippen MR) is 137 cm³/mol. The average molecular weight is 544 g/mol. The lowest BCUT2D eigenvalue weighted by molar-refractivity contribution is -0.122. The number of anilines is 1. The molecule has 0 spiro atoms. The van der Waals surface area contributed by atoms with Gasteiger partial charge >= 0.3 is 0 Å². The number of methoxy groups -OCH3 is 1. The maximum Gasteiger partial charge on any atom is 0.265 e. The van der Waals surface area contributed by atoms with Gasteiger partial charge in [-0.15, -0.1) is 0 Å². The predicted octanol–water partition coefficient (Wildman–Crippen LogP) is 5.91. The quantitative estimate of drug-likeness (QED) is 0.393. The molecule has 0 aromatic heterocycles. The van der Waals surface area contributed by atoms with Crippen LogP contribution in [-0.2, 0) is 16.1 Å². The average Bonchev–Trinajstić information content (AvgIpc) is 2.81. The maximum atomic E-state index is 13.4. The number of hydrogen-bond donors (Lipinski definition) is 1. The maximum absolute atomic E-state index is 13.4. The molecule has 3 aromatic carbocycles. The van der Waals surface area contributed by atoms with Crippen molar-refractivity contribution in [2.24, 2.45) is 0 Å². The summed E-state index contributed by atoms with van der Waals surface area (Å²) < 4.78 is 6.08. The van der Waals surface area contributed by atoms with E-state index in [1.54, 1.807) is 19.2 Å². The van der Waals surface area contributed by atoms with Crippen LogP contribution in [0.15, 0.2) is 81.0 Å². The number of para-hydroxylation sites is 1. The lowest BCUT2D eigenvalue weighted by Crippen LogP contribution is -2.42. The van der Waals surface area contributed by atoms with Crippen LogP contribution < -0.4 is 15.0 Å². The van der Waals surface area contributed by atoms with E-state index in [2.05, 4.69) is 21.2 Å². The Labute approximate surface area is 209 Å². The fraction of sp³-hybridized carbons (Fsp3) is 0.120. The Kier molecular flexibility index (Phi) is 7.42. The third-order valence-electron chi connectivity index (χ3n) is 5.01. The number of fused-ring (bicyclic) bond motifs is 1. The van der Waals surface area contributed by atoms with Crippen LogP contribution in [0.3, 0.4) is 0 Å². The molecule has 0 saturated carbocycles. The summed E-state index contributed by atoms with van der Waals surface area (Å²) in [7, 11) is 1.60. The van der Waals surface area contributed by atoms with Crippen LogP contribution in [0.5, 0.6) is 5.75 Å². The summed E-state index contributed by atoms with van der Waals surface area (Å²) in [6.07, 6.45) is 1.83. The van der Waals surface area contributed by atoms with Crippen molar-refractivity contribution < 1.29 is 14.3 Å². The summed E-state index contributed by atoms with van der Waals surface area (Å²) in [5, 5.41) is 3.52. The van der Waals surface area contributed by atoms with Crippen molar-refractivity contribution in [3.05, 3.63) is 92.3 Å². The molecule has 0 unspecified atom stereocenters. The van der Waals surface area contributed by atoms with Gasteiger partial charge in [-0.1, -0.05) is 53.7 Å². The van der Waals surface area contributed by atoms with Gasteiger partial charge in [-0.25, -0.2) is 0 Å². The number of carbonyl (C=O) groups excluding carboxylic acids is 2. The van der Waals surface area contributed by atoms with Gasteiger partial charge in [0.15, 0.2) is 0 Å². The smallest absolute Gasteiger partial charge is 0.265 e. The van der Waals surface area contributed by atoms with E-state index in [4.69, 9.17) is 16.3 Å². The molecule has 1 aliphatic rings. The second-order valence-corrected chi connectivity index (χ2v) is 9.64. The number of halogens is 2. The Morgan fingerprint density at radius 3 is 2.64 bits per heavy atom. The number of hydrogen-bond acceptors (Lipinski definition) is 4. The monoisotopic (exact) mass is 542 g/mol. The first kappa shape index (κ1) is 23.4. The zero-order valence-corrected chi connectivity index (χ0v) is 20.8. The molecule has 0 radical (unpaired) electrons. The van der Waals surface area contributed by atoms with Gasteiger partial charge in [0.05, 0.1) is 22.2 Å². The number of rotatable bonds is 6. The lowest BCUT2D eigenvalue weighted by atomic mass is 10.2. The first-order valence-corrected chi connectivity index (χ1v) is 12.1. The summed E-state index contributed by atoms with van der Waals surface area (Å²) >= 11 is 10.8.